The molecule has 0 amide bonds. The molecule has 0 aromatic heterocycles. The summed E-state index contributed by atoms with van der Waals surface area (Å²) in [5.74, 6) is 8.47. The van der Waals surface area contributed by atoms with Gasteiger partial charge in [0.25, 0.3) is 0 Å². The second-order valence-electron chi connectivity index (χ2n) is 10.7. The number of esters is 1. The Morgan fingerprint density at radius 3 is 2.69 bits per heavy atom. The van der Waals surface area contributed by atoms with Gasteiger partial charge < -0.3 is 14.8 Å². The minimum atomic E-state index is -0.246. The minimum Gasteiger partial charge on any atom is -0.496 e. The number of benzene rings is 1. The van der Waals surface area contributed by atoms with E-state index >= 15 is 0 Å². The van der Waals surface area contributed by atoms with Crippen molar-refractivity contribution in [1.29, 1.82) is 0 Å². The monoisotopic (exact) mass is 473 g/mol. The Morgan fingerprint density at radius 1 is 1.23 bits per heavy atom. The van der Waals surface area contributed by atoms with Gasteiger partial charge in [-0.15, -0.1) is 0 Å². The fraction of sp³-hybridized carbons (Fsp3) is 0.516. The van der Waals surface area contributed by atoms with Crippen molar-refractivity contribution in [1.82, 2.24) is 5.32 Å². The quantitative estimate of drug-likeness (QED) is 0.292. The first-order valence-corrected chi connectivity index (χ1v) is 13.0. The summed E-state index contributed by atoms with van der Waals surface area (Å²) in [6.07, 6.45) is 14.1. The number of carbonyl (C=O) groups is 1. The van der Waals surface area contributed by atoms with Crippen molar-refractivity contribution in [3.05, 3.63) is 64.3 Å². The number of hydrogen-bond donors (Lipinski definition) is 1. The van der Waals surface area contributed by atoms with Crippen LogP contribution in [0.4, 0.5) is 0 Å². The van der Waals surface area contributed by atoms with Crippen LogP contribution in [0.5, 0.6) is 5.75 Å². The first kappa shape index (κ1) is 25.3. The number of fused-ring (bicyclic) bond motifs is 1. The third-order valence-corrected chi connectivity index (χ3v) is 7.39. The van der Waals surface area contributed by atoms with Crippen molar-refractivity contribution < 1.29 is 14.3 Å². The average molecular weight is 474 g/mol. The smallest absolute Gasteiger partial charge is 0.333 e. The zero-order valence-electron chi connectivity index (χ0n) is 21.9. The molecule has 3 aliphatic rings. The number of allylic oxidation sites excluding steroid dienone is 5. The molecule has 0 saturated heterocycles. The maximum atomic E-state index is 11.9. The molecule has 4 rings (SSSR count). The van der Waals surface area contributed by atoms with E-state index in [4.69, 9.17) is 9.47 Å². The lowest BCUT2D eigenvalue weighted by atomic mass is 9.70. The summed E-state index contributed by atoms with van der Waals surface area (Å²) < 4.78 is 11.0. The largest absolute Gasteiger partial charge is 0.496 e. The zero-order valence-corrected chi connectivity index (χ0v) is 21.9. The molecule has 0 spiro atoms. The predicted octanol–water partition coefficient (Wildman–Crippen LogP) is 6.17. The van der Waals surface area contributed by atoms with Crippen molar-refractivity contribution in [2.75, 3.05) is 20.3 Å². The van der Waals surface area contributed by atoms with Gasteiger partial charge in [0.15, 0.2) is 0 Å². The first-order valence-electron chi connectivity index (χ1n) is 13.0. The molecule has 35 heavy (non-hydrogen) atoms. The van der Waals surface area contributed by atoms with E-state index in [0.717, 1.165) is 48.6 Å². The van der Waals surface area contributed by atoms with Gasteiger partial charge in [-0.25, -0.2) is 4.79 Å². The molecule has 1 fully saturated rings. The summed E-state index contributed by atoms with van der Waals surface area (Å²) >= 11 is 0. The molecule has 3 aliphatic carbocycles. The second-order valence-corrected chi connectivity index (χ2v) is 10.7. The van der Waals surface area contributed by atoms with Crippen LogP contribution in [0.1, 0.15) is 82.5 Å². The van der Waals surface area contributed by atoms with Crippen LogP contribution in [0.15, 0.2) is 47.6 Å². The maximum absolute atomic E-state index is 11.9. The third kappa shape index (κ3) is 6.27. The number of rotatable bonds is 7. The van der Waals surface area contributed by atoms with Crippen LogP contribution in [0.25, 0.3) is 0 Å². The van der Waals surface area contributed by atoms with Gasteiger partial charge in [0, 0.05) is 28.3 Å². The van der Waals surface area contributed by atoms with E-state index in [9.17, 15) is 4.79 Å². The number of nitrogens with one attached hydrogen (secondary N) is 1. The SMILES string of the molecule is CCOC(=O)C(C)=CC1C=CC(C#Cc2cc(OC)c3c(c2)C(C)(C)CCC3NCC2CC2)=CC1. The molecule has 1 aromatic rings. The Morgan fingerprint density at radius 2 is 2.03 bits per heavy atom. The van der Waals surface area contributed by atoms with Crippen LogP contribution in [-0.2, 0) is 14.9 Å². The molecule has 1 saturated carbocycles. The molecule has 186 valence electrons. The van der Waals surface area contributed by atoms with Gasteiger partial charge in [0.05, 0.1) is 13.7 Å². The molecule has 1 N–H and O–H groups in total. The van der Waals surface area contributed by atoms with E-state index in [1.165, 1.54) is 24.0 Å². The van der Waals surface area contributed by atoms with Gasteiger partial charge in [-0.3, -0.25) is 0 Å². The number of ether oxygens (including phenoxy) is 2. The Hall–Kier alpha value is -2.77. The van der Waals surface area contributed by atoms with Crippen LogP contribution >= 0.6 is 0 Å². The lowest BCUT2D eigenvalue weighted by molar-refractivity contribution is -0.138. The Kier molecular flexibility index (Phi) is 7.87. The molecule has 4 heteroatoms. The molecule has 0 radical (unpaired) electrons. The summed E-state index contributed by atoms with van der Waals surface area (Å²) in [6.45, 7) is 9.79. The molecule has 2 unspecified atom stereocenters. The van der Waals surface area contributed by atoms with Crippen LogP contribution in [-0.4, -0.2) is 26.2 Å². The van der Waals surface area contributed by atoms with Gasteiger partial charge in [-0.05, 0) is 87.4 Å². The van der Waals surface area contributed by atoms with E-state index in [2.05, 4.69) is 55.3 Å². The van der Waals surface area contributed by atoms with E-state index in [1.54, 1.807) is 7.11 Å². The van der Waals surface area contributed by atoms with E-state index in [0.29, 0.717) is 18.2 Å². The Balaban J connectivity index is 1.52. The third-order valence-electron chi connectivity index (χ3n) is 7.39. The van der Waals surface area contributed by atoms with Crippen LogP contribution in [0, 0.1) is 23.7 Å². The summed E-state index contributed by atoms with van der Waals surface area (Å²) in [7, 11) is 1.77. The van der Waals surface area contributed by atoms with Gasteiger partial charge >= 0.3 is 5.97 Å². The van der Waals surface area contributed by atoms with Crippen LogP contribution in [0.2, 0.25) is 0 Å². The van der Waals surface area contributed by atoms with Gasteiger partial charge in [-0.2, -0.15) is 0 Å². The van der Waals surface area contributed by atoms with Crippen LogP contribution in [0.3, 0.4) is 0 Å². The number of hydrogen-bond acceptors (Lipinski definition) is 4. The lowest BCUT2D eigenvalue weighted by Crippen LogP contribution is -2.34. The molecule has 2 atom stereocenters. The molecular formula is C31H39NO3. The molecule has 4 nitrogen and oxygen atoms in total. The van der Waals surface area contributed by atoms with E-state index in [1.807, 2.05) is 26.0 Å². The molecular weight excluding hydrogens is 434 g/mol. The Labute approximate surface area is 210 Å². The Bertz CT molecular complexity index is 1110. The normalized spacial score (nSPS) is 23.0. The number of carbonyl (C=O) groups excluding carboxylic acids is 1. The zero-order chi connectivity index (χ0) is 25.0. The van der Waals surface area contributed by atoms with Crippen molar-refractivity contribution in [3.8, 4) is 17.6 Å². The van der Waals surface area contributed by atoms with E-state index in [-0.39, 0.29) is 17.3 Å². The average Bonchev–Trinajstić information content (AvgIpc) is 3.67. The summed E-state index contributed by atoms with van der Waals surface area (Å²) in [5.41, 5.74) is 5.41. The standard InChI is InChI=1S/C31H39NO3/c1-6-35-30(33)21(2)17-23-10-7-22(8-11-23)9-14-25-18-26-29(28(19-25)34-5)27(15-16-31(26,3)4)32-20-24-12-13-24/h7-8,10,17-19,23-24,27,32H,6,11-13,15-16,20H2,1-5H3. The van der Waals surface area contributed by atoms with Gasteiger partial charge in [0.1, 0.15) is 5.75 Å². The first-order chi connectivity index (χ1) is 16.8. The lowest BCUT2D eigenvalue weighted by Gasteiger charge is -2.38. The van der Waals surface area contributed by atoms with Crippen molar-refractivity contribution >= 4 is 5.97 Å². The van der Waals surface area contributed by atoms with Crippen molar-refractivity contribution in [3.63, 3.8) is 0 Å². The van der Waals surface area contributed by atoms with Gasteiger partial charge in [0.2, 0.25) is 0 Å². The fourth-order valence-corrected chi connectivity index (χ4v) is 5.04. The number of methoxy groups -OCH3 is 1. The van der Waals surface area contributed by atoms with Crippen molar-refractivity contribution in [2.24, 2.45) is 11.8 Å². The molecule has 0 bridgehead atoms. The highest BCUT2D eigenvalue weighted by Crippen LogP contribution is 2.46. The molecule has 0 heterocycles. The summed E-state index contributed by atoms with van der Waals surface area (Å²) in [5, 5.41) is 3.82. The van der Waals surface area contributed by atoms with Crippen LogP contribution < -0.4 is 10.1 Å². The van der Waals surface area contributed by atoms with E-state index < -0.39 is 0 Å². The summed E-state index contributed by atoms with van der Waals surface area (Å²) in [4.78, 5) is 11.9. The highest BCUT2D eigenvalue weighted by atomic mass is 16.5. The minimum absolute atomic E-state index is 0.0956. The predicted molar refractivity (Wildman–Crippen MR) is 141 cm³/mol. The molecule has 1 aromatic carbocycles. The summed E-state index contributed by atoms with van der Waals surface area (Å²) in [6, 6.07) is 4.72. The topological polar surface area (TPSA) is 47.6 Å². The highest BCUT2D eigenvalue weighted by molar-refractivity contribution is 5.87. The van der Waals surface area contributed by atoms with Gasteiger partial charge in [-0.1, -0.05) is 50.0 Å². The second kappa shape index (κ2) is 10.9. The molecule has 0 aliphatic heterocycles. The van der Waals surface area contributed by atoms with Crippen molar-refractivity contribution in [2.45, 2.75) is 71.3 Å². The maximum Gasteiger partial charge on any atom is 0.333 e. The highest BCUT2D eigenvalue weighted by Gasteiger charge is 2.36. The fourth-order valence-electron chi connectivity index (χ4n) is 5.04.